The SMILES string of the molecule is O=C(Nc1cccc2c(O)n(CC(=O)N3CCN(c4ccncc4)CC3)cc12)c1ccc(Cl)s1. The number of aromatic hydroxyl groups is 1. The predicted molar refractivity (Wildman–Crippen MR) is 134 cm³/mol. The van der Waals surface area contributed by atoms with E-state index < -0.39 is 0 Å². The summed E-state index contributed by atoms with van der Waals surface area (Å²) in [6.07, 6.45) is 5.23. The summed E-state index contributed by atoms with van der Waals surface area (Å²) in [5.41, 5.74) is 1.65. The molecule has 1 aliphatic rings. The van der Waals surface area contributed by atoms with E-state index in [0.29, 0.717) is 38.8 Å². The van der Waals surface area contributed by atoms with E-state index in [1.165, 1.54) is 15.9 Å². The summed E-state index contributed by atoms with van der Waals surface area (Å²) in [5.74, 6) is -0.349. The summed E-state index contributed by atoms with van der Waals surface area (Å²) in [4.78, 5) is 34.1. The van der Waals surface area contributed by atoms with Gasteiger partial charge in [-0.2, -0.15) is 0 Å². The number of nitrogens with zero attached hydrogens (tertiary/aromatic N) is 4. The third-order valence-corrected chi connectivity index (χ3v) is 7.14. The predicted octanol–water partition coefficient (Wildman–Crippen LogP) is 4.06. The highest BCUT2D eigenvalue weighted by Gasteiger charge is 2.23. The fourth-order valence-corrected chi connectivity index (χ4v) is 5.07. The van der Waals surface area contributed by atoms with Gasteiger partial charge in [0.05, 0.1) is 14.9 Å². The number of halogens is 1. The number of nitrogens with one attached hydrogen (secondary N) is 1. The Morgan fingerprint density at radius 2 is 1.79 bits per heavy atom. The lowest BCUT2D eigenvalue weighted by Crippen LogP contribution is -2.49. The van der Waals surface area contributed by atoms with Crippen molar-refractivity contribution in [2.45, 2.75) is 6.54 Å². The van der Waals surface area contributed by atoms with Crippen LogP contribution in [0.5, 0.6) is 5.88 Å². The van der Waals surface area contributed by atoms with E-state index in [2.05, 4.69) is 15.2 Å². The second kappa shape index (κ2) is 9.36. The van der Waals surface area contributed by atoms with Gasteiger partial charge >= 0.3 is 0 Å². The molecule has 0 bridgehead atoms. The number of hydrogen-bond donors (Lipinski definition) is 2. The Hall–Kier alpha value is -3.56. The molecule has 10 heteroatoms. The fourth-order valence-electron chi connectivity index (χ4n) is 4.14. The van der Waals surface area contributed by atoms with Crippen molar-refractivity contribution in [1.82, 2.24) is 14.5 Å². The molecule has 5 rings (SSSR count). The number of aromatic nitrogens is 2. The minimum atomic E-state index is -0.278. The topological polar surface area (TPSA) is 90.7 Å². The Morgan fingerprint density at radius 3 is 2.50 bits per heavy atom. The molecular weight excluding hydrogens is 474 g/mol. The first-order valence-electron chi connectivity index (χ1n) is 10.8. The maximum absolute atomic E-state index is 13.0. The molecule has 0 saturated carbocycles. The number of thiophene rings is 1. The average Bonchev–Trinajstić information content (AvgIpc) is 3.44. The Morgan fingerprint density at radius 1 is 1.03 bits per heavy atom. The Balaban J connectivity index is 1.29. The number of pyridine rings is 1. The smallest absolute Gasteiger partial charge is 0.265 e. The van der Waals surface area contributed by atoms with Crippen LogP contribution in [0.3, 0.4) is 0 Å². The Kier molecular flexibility index (Phi) is 6.12. The zero-order valence-electron chi connectivity index (χ0n) is 18.1. The number of hydrogen-bond acceptors (Lipinski definition) is 6. The monoisotopic (exact) mass is 495 g/mol. The highest BCUT2D eigenvalue weighted by atomic mass is 35.5. The molecule has 4 aromatic rings. The Bertz CT molecular complexity index is 1350. The van der Waals surface area contributed by atoms with Crippen molar-refractivity contribution < 1.29 is 14.7 Å². The first-order valence-corrected chi connectivity index (χ1v) is 12.0. The lowest BCUT2D eigenvalue weighted by atomic mass is 10.2. The van der Waals surface area contributed by atoms with Gasteiger partial charge in [-0.15, -0.1) is 11.3 Å². The molecule has 1 aliphatic heterocycles. The van der Waals surface area contributed by atoms with Crippen molar-refractivity contribution in [3.63, 3.8) is 0 Å². The zero-order chi connectivity index (χ0) is 23.7. The largest absolute Gasteiger partial charge is 0.494 e. The van der Waals surface area contributed by atoms with Crippen molar-refractivity contribution in [3.8, 4) is 5.88 Å². The van der Waals surface area contributed by atoms with Crippen LogP contribution in [0.4, 0.5) is 11.4 Å². The molecule has 2 N–H and O–H groups in total. The summed E-state index contributed by atoms with van der Waals surface area (Å²) in [5, 5.41) is 14.9. The van der Waals surface area contributed by atoms with Crippen LogP contribution in [0.15, 0.2) is 61.1 Å². The van der Waals surface area contributed by atoms with Gasteiger partial charge in [0.15, 0.2) is 5.88 Å². The summed E-state index contributed by atoms with van der Waals surface area (Å²) >= 11 is 7.13. The van der Waals surface area contributed by atoms with E-state index in [0.717, 1.165) is 18.8 Å². The molecule has 0 spiro atoms. The number of benzene rings is 1. The summed E-state index contributed by atoms with van der Waals surface area (Å²) in [7, 11) is 0. The number of fused-ring (bicyclic) bond motifs is 1. The van der Waals surface area contributed by atoms with Crippen LogP contribution in [0.1, 0.15) is 9.67 Å². The van der Waals surface area contributed by atoms with E-state index in [4.69, 9.17) is 11.6 Å². The van der Waals surface area contributed by atoms with Crippen LogP contribution in [0.2, 0.25) is 4.34 Å². The van der Waals surface area contributed by atoms with Gasteiger partial charge in [-0.05, 0) is 36.4 Å². The van der Waals surface area contributed by atoms with Gasteiger partial charge < -0.3 is 24.8 Å². The van der Waals surface area contributed by atoms with Crippen LogP contribution in [-0.2, 0) is 11.3 Å². The average molecular weight is 496 g/mol. The van der Waals surface area contributed by atoms with Crippen molar-refractivity contribution in [3.05, 3.63) is 70.3 Å². The summed E-state index contributed by atoms with van der Waals surface area (Å²) < 4.78 is 2.06. The molecule has 1 saturated heterocycles. The highest BCUT2D eigenvalue weighted by molar-refractivity contribution is 7.18. The van der Waals surface area contributed by atoms with Crippen molar-refractivity contribution in [2.24, 2.45) is 0 Å². The third-order valence-electron chi connectivity index (χ3n) is 5.92. The Labute approximate surface area is 205 Å². The van der Waals surface area contributed by atoms with Crippen molar-refractivity contribution >= 4 is 56.9 Å². The molecule has 0 unspecified atom stereocenters. The van der Waals surface area contributed by atoms with Crippen LogP contribution in [0.25, 0.3) is 10.8 Å². The zero-order valence-corrected chi connectivity index (χ0v) is 19.7. The number of carbonyl (C=O) groups excluding carboxylic acids is 2. The van der Waals surface area contributed by atoms with Gasteiger partial charge in [0.25, 0.3) is 5.91 Å². The molecule has 0 atom stereocenters. The van der Waals surface area contributed by atoms with E-state index in [1.807, 2.05) is 17.0 Å². The number of piperazine rings is 1. The first kappa shape index (κ1) is 22.2. The molecule has 3 aromatic heterocycles. The molecule has 174 valence electrons. The number of carbonyl (C=O) groups is 2. The molecule has 1 aromatic carbocycles. The van der Waals surface area contributed by atoms with Crippen molar-refractivity contribution in [2.75, 3.05) is 36.4 Å². The second-order valence-corrected chi connectivity index (χ2v) is 9.69. The van der Waals surface area contributed by atoms with Gasteiger partial charge in [0.2, 0.25) is 5.91 Å². The molecule has 4 heterocycles. The van der Waals surface area contributed by atoms with Gasteiger partial charge in [-0.1, -0.05) is 17.7 Å². The summed E-state index contributed by atoms with van der Waals surface area (Å²) in [6.45, 7) is 2.70. The molecular formula is C24H22ClN5O3S. The molecule has 0 aliphatic carbocycles. The third kappa shape index (κ3) is 4.44. The van der Waals surface area contributed by atoms with Crippen LogP contribution in [0, 0.1) is 0 Å². The molecule has 0 radical (unpaired) electrons. The molecule has 1 fully saturated rings. The molecule has 2 amide bonds. The number of anilines is 2. The van der Waals surface area contributed by atoms with Gasteiger partial charge in [0, 0.05) is 61.2 Å². The van der Waals surface area contributed by atoms with E-state index >= 15 is 0 Å². The molecule has 8 nitrogen and oxygen atoms in total. The van der Waals surface area contributed by atoms with Gasteiger partial charge in [-0.25, -0.2) is 0 Å². The molecule has 34 heavy (non-hydrogen) atoms. The minimum Gasteiger partial charge on any atom is -0.494 e. The van der Waals surface area contributed by atoms with Gasteiger partial charge in [0.1, 0.15) is 6.54 Å². The second-order valence-electron chi connectivity index (χ2n) is 7.98. The maximum Gasteiger partial charge on any atom is 0.265 e. The normalized spacial score (nSPS) is 13.9. The van der Waals surface area contributed by atoms with Crippen LogP contribution < -0.4 is 10.2 Å². The van der Waals surface area contributed by atoms with E-state index in [1.54, 1.807) is 48.9 Å². The maximum atomic E-state index is 13.0. The summed E-state index contributed by atoms with van der Waals surface area (Å²) in [6, 6.07) is 12.5. The van der Waals surface area contributed by atoms with Crippen molar-refractivity contribution in [1.29, 1.82) is 0 Å². The lowest BCUT2D eigenvalue weighted by molar-refractivity contribution is -0.132. The lowest BCUT2D eigenvalue weighted by Gasteiger charge is -2.36. The van der Waals surface area contributed by atoms with Gasteiger partial charge in [-0.3, -0.25) is 14.6 Å². The standard InChI is InChI=1S/C24H22ClN5O3S/c25-21-5-4-20(34-21)23(32)27-19-3-1-2-17-18(19)14-30(24(17)33)15-22(31)29-12-10-28(11-13-29)16-6-8-26-9-7-16/h1-9,14,33H,10-13,15H2,(H,27,32). The van der Waals surface area contributed by atoms with E-state index in [9.17, 15) is 14.7 Å². The highest BCUT2D eigenvalue weighted by Crippen LogP contribution is 2.33. The number of rotatable bonds is 5. The number of amides is 2. The van der Waals surface area contributed by atoms with E-state index in [-0.39, 0.29) is 24.2 Å². The van der Waals surface area contributed by atoms with Crippen LogP contribution >= 0.6 is 22.9 Å². The fraction of sp³-hybridized carbons (Fsp3) is 0.208. The van der Waals surface area contributed by atoms with Crippen LogP contribution in [-0.4, -0.2) is 57.6 Å². The first-order chi connectivity index (χ1) is 16.5. The minimum absolute atomic E-state index is 0.00552. The quantitative estimate of drug-likeness (QED) is 0.436.